The summed E-state index contributed by atoms with van der Waals surface area (Å²) in [6.45, 7) is 5.65. The average molecular weight is 423 g/mol. The summed E-state index contributed by atoms with van der Waals surface area (Å²) in [5.41, 5.74) is -0.506. The minimum absolute atomic E-state index is 0.139. The second-order valence-electron chi connectivity index (χ2n) is 7.04. The van der Waals surface area contributed by atoms with Crippen LogP contribution in [0.25, 0.3) is 0 Å². The lowest BCUT2D eigenvalue weighted by molar-refractivity contribution is -0.143. The number of rotatable bonds is 6. The number of halogens is 2. The van der Waals surface area contributed by atoms with E-state index in [1.165, 1.54) is 10.6 Å². The van der Waals surface area contributed by atoms with Crippen molar-refractivity contribution in [3.05, 3.63) is 33.8 Å². The maximum absolute atomic E-state index is 12.0. The Kier molecular flexibility index (Phi) is 6.62. The Hall–Kier alpha value is -0.860. The molecule has 6 nitrogen and oxygen atoms in total. The van der Waals surface area contributed by atoms with Gasteiger partial charge in [0, 0.05) is 25.7 Å². The lowest BCUT2D eigenvalue weighted by Gasteiger charge is -2.39. The molecule has 1 aromatic carbocycles. The van der Waals surface area contributed by atoms with Gasteiger partial charge in [-0.15, -0.1) is 0 Å². The molecule has 0 spiro atoms. The second kappa shape index (κ2) is 8.02. The van der Waals surface area contributed by atoms with Crippen LogP contribution in [0, 0.1) is 0 Å². The molecule has 9 heteroatoms. The largest absolute Gasteiger partial charge is 0.481 e. The van der Waals surface area contributed by atoms with Gasteiger partial charge in [0.1, 0.15) is 0 Å². The summed E-state index contributed by atoms with van der Waals surface area (Å²) in [5.74, 6) is -0.932. The molecule has 2 atom stereocenters. The summed E-state index contributed by atoms with van der Waals surface area (Å²) >= 11 is 12.0. The molecular weight excluding hydrogens is 399 g/mol. The number of carbonyl (C=O) groups is 1. The Balaban J connectivity index is 2.10. The van der Waals surface area contributed by atoms with E-state index in [-0.39, 0.29) is 6.04 Å². The van der Waals surface area contributed by atoms with E-state index < -0.39 is 21.4 Å². The van der Waals surface area contributed by atoms with Crippen molar-refractivity contribution in [2.45, 2.75) is 31.7 Å². The molecule has 1 N–H and O–H groups in total. The number of sulfonamides is 1. The molecule has 1 fully saturated rings. The smallest absolute Gasteiger partial charge is 0.313 e. The zero-order valence-corrected chi connectivity index (χ0v) is 17.4. The molecule has 0 aliphatic carbocycles. The van der Waals surface area contributed by atoms with Gasteiger partial charge in [0.15, 0.2) is 0 Å². The summed E-state index contributed by atoms with van der Waals surface area (Å²) in [6.07, 6.45) is 1.59. The van der Waals surface area contributed by atoms with E-state index in [1.54, 1.807) is 25.1 Å². The number of aliphatic carboxylic acids is 1. The van der Waals surface area contributed by atoms with E-state index in [0.717, 1.165) is 0 Å². The van der Waals surface area contributed by atoms with E-state index in [9.17, 15) is 18.3 Å². The first-order chi connectivity index (χ1) is 11.9. The zero-order chi connectivity index (χ0) is 19.7. The van der Waals surface area contributed by atoms with Crippen molar-refractivity contribution in [2.24, 2.45) is 0 Å². The summed E-state index contributed by atoms with van der Waals surface area (Å²) in [4.78, 5) is 14.1. The standard InChI is InChI=1S/C17H24Cl2N2O4S/c1-12-11-20(8-9-21(12)26(3,24)25)7-6-17(2,16(22)23)13-4-5-14(18)15(19)10-13/h4-5,10,12H,6-9,11H2,1-3H3,(H,22,23)/t12-,17?/m0/s1. The normalized spacial score (nSPS) is 22.1. The first kappa shape index (κ1) is 21.4. The highest BCUT2D eigenvalue weighted by molar-refractivity contribution is 7.88. The number of piperazine rings is 1. The van der Waals surface area contributed by atoms with Gasteiger partial charge in [0.2, 0.25) is 10.0 Å². The fourth-order valence-electron chi connectivity index (χ4n) is 3.31. The minimum atomic E-state index is -3.22. The van der Waals surface area contributed by atoms with Crippen molar-refractivity contribution in [1.82, 2.24) is 9.21 Å². The van der Waals surface area contributed by atoms with Crippen LogP contribution < -0.4 is 0 Å². The lowest BCUT2D eigenvalue weighted by atomic mass is 9.79. The van der Waals surface area contributed by atoms with E-state index in [2.05, 4.69) is 4.90 Å². The third-order valence-electron chi connectivity index (χ3n) is 5.03. The predicted molar refractivity (Wildman–Crippen MR) is 104 cm³/mol. The van der Waals surface area contributed by atoms with Gasteiger partial charge in [0.25, 0.3) is 0 Å². The van der Waals surface area contributed by atoms with Crippen LogP contribution in [-0.4, -0.2) is 67.2 Å². The highest BCUT2D eigenvalue weighted by atomic mass is 35.5. The minimum Gasteiger partial charge on any atom is -0.481 e. The highest BCUT2D eigenvalue weighted by Gasteiger charge is 2.37. The highest BCUT2D eigenvalue weighted by Crippen LogP contribution is 2.33. The van der Waals surface area contributed by atoms with Crippen LogP contribution in [0.3, 0.4) is 0 Å². The maximum atomic E-state index is 12.0. The topological polar surface area (TPSA) is 77.9 Å². The van der Waals surface area contributed by atoms with Crippen molar-refractivity contribution in [2.75, 3.05) is 32.4 Å². The fourth-order valence-corrected chi connectivity index (χ4v) is 4.74. The molecule has 0 radical (unpaired) electrons. The predicted octanol–water partition coefficient (Wildman–Crippen LogP) is 2.69. The van der Waals surface area contributed by atoms with Crippen molar-refractivity contribution < 1.29 is 18.3 Å². The van der Waals surface area contributed by atoms with E-state index in [0.29, 0.717) is 48.2 Å². The Labute approximate surface area is 164 Å². The van der Waals surface area contributed by atoms with Gasteiger partial charge < -0.3 is 10.0 Å². The van der Waals surface area contributed by atoms with Gasteiger partial charge in [-0.25, -0.2) is 8.42 Å². The molecule has 1 aliphatic heterocycles. The summed E-state index contributed by atoms with van der Waals surface area (Å²) in [7, 11) is -3.22. The van der Waals surface area contributed by atoms with Gasteiger partial charge in [0.05, 0.1) is 21.7 Å². The van der Waals surface area contributed by atoms with Gasteiger partial charge >= 0.3 is 5.97 Å². The molecule has 0 bridgehead atoms. The first-order valence-corrected chi connectivity index (χ1v) is 10.9. The molecule has 0 aromatic heterocycles. The van der Waals surface area contributed by atoms with E-state index in [4.69, 9.17) is 23.2 Å². The number of hydrogen-bond acceptors (Lipinski definition) is 4. The summed E-state index contributed by atoms with van der Waals surface area (Å²) in [6, 6.07) is 4.75. The van der Waals surface area contributed by atoms with Crippen LogP contribution in [0.5, 0.6) is 0 Å². The van der Waals surface area contributed by atoms with Crippen molar-refractivity contribution in [3.63, 3.8) is 0 Å². The van der Waals surface area contributed by atoms with E-state index in [1.807, 2.05) is 6.92 Å². The van der Waals surface area contributed by atoms with Crippen LogP contribution in [0.2, 0.25) is 10.0 Å². The SMILES string of the molecule is C[C@H]1CN(CCC(C)(C(=O)O)c2ccc(Cl)c(Cl)c2)CCN1S(C)(=O)=O. The van der Waals surface area contributed by atoms with Gasteiger partial charge in [-0.1, -0.05) is 29.3 Å². The van der Waals surface area contributed by atoms with Crippen LogP contribution in [0.15, 0.2) is 18.2 Å². The Morgan fingerprint density at radius 1 is 1.31 bits per heavy atom. The number of carboxylic acids is 1. The molecule has 0 amide bonds. The van der Waals surface area contributed by atoms with Crippen LogP contribution in [-0.2, 0) is 20.2 Å². The van der Waals surface area contributed by atoms with Crippen molar-refractivity contribution >= 4 is 39.2 Å². The third kappa shape index (κ3) is 4.70. The molecule has 26 heavy (non-hydrogen) atoms. The number of carboxylic acid groups (broad SMARTS) is 1. The van der Waals surface area contributed by atoms with Crippen LogP contribution in [0.1, 0.15) is 25.8 Å². The third-order valence-corrected chi connectivity index (χ3v) is 7.17. The first-order valence-electron chi connectivity index (χ1n) is 8.33. The summed E-state index contributed by atoms with van der Waals surface area (Å²) in [5, 5.41) is 10.5. The maximum Gasteiger partial charge on any atom is 0.313 e. The molecule has 1 aliphatic rings. The molecule has 2 rings (SSSR count). The average Bonchev–Trinajstić information content (AvgIpc) is 2.53. The Morgan fingerprint density at radius 2 is 1.96 bits per heavy atom. The molecule has 146 valence electrons. The zero-order valence-electron chi connectivity index (χ0n) is 15.1. The lowest BCUT2D eigenvalue weighted by Crippen LogP contribution is -2.54. The molecule has 0 saturated carbocycles. The van der Waals surface area contributed by atoms with Gasteiger partial charge in [-0.05, 0) is 44.5 Å². The monoisotopic (exact) mass is 422 g/mol. The molecule has 1 aromatic rings. The van der Waals surface area contributed by atoms with E-state index >= 15 is 0 Å². The van der Waals surface area contributed by atoms with Gasteiger partial charge in [-0.2, -0.15) is 4.31 Å². The van der Waals surface area contributed by atoms with Crippen molar-refractivity contribution in [3.8, 4) is 0 Å². The fraction of sp³-hybridized carbons (Fsp3) is 0.588. The molecule has 1 unspecified atom stereocenters. The summed E-state index contributed by atoms with van der Waals surface area (Å²) < 4.78 is 25.0. The Morgan fingerprint density at radius 3 is 2.46 bits per heavy atom. The quantitative estimate of drug-likeness (QED) is 0.762. The number of hydrogen-bond donors (Lipinski definition) is 1. The van der Waals surface area contributed by atoms with Crippen LogP contribution in [0.4, 0.5) is 0 Å². The molecular formula is C17H24Cl2N2O4S. The van der Waals surface area contributed by atoms with Crippen molar-refractivity contribution in [1.29, 1.82) is 0 Å². The number of benzene rings is 1. The Bertz CT molecular complexity index is 787. The molecule has 1 saturated heterocycles. The number of nitrogens with zero attached hydrogens (tertiary/aromatic N) is 2. The van der Waals surface area contributed by atoms with Gasteiger partial charge in [-0.3, -0.25) is 4.79 Å². The van der Waals surface area contributed by atoms with Crippen LogP contribution >= 0.6 is 23.2 Å². The molecule has 1 heterocycles. The second-order valence-corrected chi connectivity index (χ2v) is 9.79.